The van der Waals surface area contributed by atoms with Crippen molar-refractivity contribution in [3.63, 3.8) is 0 Å². The molecule has 0 saturated heterocycles. The van der Waals surface area contributed by atoms with Crippen LogP contribution in [-0.2, 0) is 6.54 Å². The van der Waals surface area contributed by atoms with Crippen molar-refractivity contribution in [1.82, 2.24) is 9.55 Å². The van der Waals surface area contributed by atoms with Gasteiger partial charge in [0.2, 0.25) is 0 Å². The van der Waals surface area contributed by atoms with Crippen molar-refractivity contribution in [2.75, 3.05) is 0 Å². The number of benzene rings is 1. The molecule has 0 fully saturated rings. The highest BCUT2D eigenvalue weighted by Crippen LogP contribution is 2.01. The van der Waals surface area contributed by atoms with Crippen LogP contribution >= 0.6 is 0 Å². The van der Waals surface area contributed by atoms with E-state index in [9.17, 15) is 14.4 Å². The van der Waals surface area contributed by atoms with Crippen LogP contribution in [0.25, 0.3) is 0 Å². The maximum Gasteiger partial charge on any atom is 0.328 e. The summed E-state index contributed by atoms with van der Waals surface area (Å²) in [4.78, 5) is 36.8. The number of carbonyl (C=O) groups excluding carboxylic acids is 1. The van der Waals surface area contributed by atoms with E-state index in [-0.39, 0.29) is 12.3 Å². The third-order valence-corrected chi connectivity index (χ3v) is 2.60. The van der Waals surface area contributed by atoms with E-state index < -0.39 is 11.2 Å². The fourth-order valence-corrected chi connectivity index (χ4v) is 1.61. The van der Waals surface area contributed by atoms with Crippen LogP contribution in [0.5, 0.6) is 0 Å². The monoisotopic (exact) mass is 244 g/mol. The highest BCUT2D eigenvalue weighted by atomic mass is 16.2. The molecule has 0 atom stereocenters. The lowest BCUT2D eigenvalue weighted by atomic mass is 10.1. The van der Waals surface area contributed by atoms with Crippen LogP contribution < -0.4 is 11.2 Å². The molecular weight excluding hydrogens is 232 g/mol. The first-order valence-corrected chi connectivity index (χ1v) is 5.46. The number of nitrogens with zero attached hydrogens (tertiary/aromatic N) is 1. The first kappa shape index (κ1) is 12.0. The lowest BCUT2D eigenvalue weighted by Gasteiger charge is -2.05. The number of aryl methyl sites for hydroxylation is 1. The average molecular weight is 244 g/mol. The summed E-state index contributed by atoms with van der Waals surface area (Å²) in [6, 6.07) is 8.70. The van der Waals surface area contributed by atoms with E-state index in [2.05, 4.69) is 4.98 Å². The Kier molecular flexibility index (Phi) is 3.23. The van der Waals surface area contributed by atoms with E-state index in [1.54, 1.807) is 31.2 Å². The minimum atomic E-state index is -0.574. The Morgan fingerprint density at radius 2 is 1.89 bits per heavy atom. The van der Waals surface area contributed by atoms with Gasteiger partial charge in [-0.2, -0.15) is 0 Å². The summed E-state index contributed by atoms with van der Waals surface area (Å²) in [5.41, 5.74) is -0.0676. The number of hydrogen-bond acceptors (Lipinski definition) is 3. The fraction of sp³-hybridized carbons (Fsp3) is 0.154. The zero-order valence-corrected chi connectivity index (χ0v) is 9.84. The van der Waals surface area contributed by atoms with Gasteiger partial charge in [-0.1, -0.05) is 30.3 Å². The van der Waals surface area contributed by atoms with Crippen LogP contribution in [0.1, 0.15) is 15.9 Å². The SMILES string of the molecule is Cc1cn(CC(=O)c2ccccc2)c(=O)[nH]c1=O. The summed E-state index contributed by atoms with van der Waals surface area (Å²) >= 11 is 0. The predicted octanol–water partition coefficient (Wildman–Crippen LogP) is 0.728. The van der Waals surface area contributed by atoms with Crippen LogP contribution in [0.15, 0.2) is 46.1 Å². The van der Waals surface area contributed by atoms with Crippen molar-refractivity contribution in [2.24, 2.45) is 0 Å². The third kappa shape index (κ3) is 2.45. The molecule has 0 bridgehead atoms. The number of ketones is 1. The molecule has 0 radical (unpaired) electrons. The number of aromatic amines is 1. The Labute approximate surface area is 103 Å². The molecule has 0 aliphatic carbocycles. The number of hydrogen-bond donors (Lipinski definition) is 1. The lowest BCUT2D eigenvalue weighted by Crippen LogP contribution is -2.32. The van der Waals surface area contributed by atoms with Gasteiger partial charge in [-0.15, -0.1) is 0 Å². The Morgan fingerprint density at radius 1 is 1.22 bits per heavy atom. The number of rotatable bonds is 3. The molecule has 0 saturated carbocycles. The number of aromatic nitrogens is 2. The highest BCUT2D eigenvalue weighted by molar-refractivity contribution is 5.95. The molecule has 1 N–H and O–H groups in total. The Balaban J connectivity index is 2.31. The lowest BCUT2D eigenvalue weighted by molar-refractivity contribution is 0.0970. The van der Waals surface area contributed by atoms with E-state index in [1.165, 1.54) is 10.8 Å². The molecule has 1 aromatic heterocycles. The Bertz CT molecular complexity index is 683. The van der Waals surface area contributed by atoms with Crippen LogP contribution in [0.4, 0.5) is 0 Å². The zero-order chi connectivity index (χ0) is 13.1. The smallest absolute Gasteiger partial charge is 0.293 e. The second-order valence-electron chi connectivity index (χ2n) is 3.99. The summed E-state index contributed by atoms with van der Waals surface area (Å²) in [5, 5.41) is 0. The van der Waals surface area contributed by atoms with Gasteiger partial charge in [-0.25, -0.2) is 4.79 Å². The van der Waals surface area contributed by atoms with E-state index in [0.29, 0.717) is 11.1 Å². The van der Waals surface area contributed by atoms with Crippen molar-refractivity contribution in [3.8, 4) is 0 Å². The zero-order valence-electron chi connectivity index (χ0n) is 9.84. The summed E-state index contributed by atoms with van der Waals surface area (Å²) < 4.78 is 1.20. The van der Waals surface area contributed by atoms with Gasteiger partial charge in [0.1, 0.15) is 0 Å². The molecule has 0 unspecified atom stereocenters. The molecule has 18 heavy (non-hydrogen) atoms. The molecule has 0 aliphatic rings. The summed E-state index contributed by atoms with van der Waals surface area (Å²) in [6.07, 6.45) is 1.39. The van der Waals surface area contributed by atoms with E-state index >= 15 is 0 Å². The first-order valence-electron chi connectivity index (χ1n) is 5.46. The highest BCUT2D eigenvalue weighted by Gasteiger charge is 2.08. The normalized spacial score (nSPS) is 10.3. The first-order chi connectivity index (χ1) is 8.58. The maximum atomic E-state index is 11.9. The van der Waals surface area contributed by atoms with E-state index in [0.717, 1.165) is 0 Å². The molecule has 5 heteroatoms. The second-order valence-corrected chi connectivity index (χ2v) is 3.99. The molecule has 2 rings (SSSR count). The predicted molar refractivity (Wildman–Crippen MR) is 66.8 cm³/mol. The largest absolute Gasteiger partial charge is 0.328 e. The minimum absolute atomic E-state index is 0.0829. The molecule has 92 valence electrons. The number of carbonyl (C=O) groups is 1. The van der Waals surface area contributed by atoms with Gasteiger partial charge in [0.05, 0.1) is 6.54 Å². The van der Waals surface area contributed by atoms with E-state index in [1.807, 2.05) is 6.07 Å². The van der Waals surface area contributed by atoms with Crippen molar-refractivity contribution >= 4 is 5.78 Å². The van der Waals surface area contributed by atoms with Gasteiger partial charge in [0.25, 0.3) is 5.56 Å². The van der Waals surface area contributed by atoms with Gasteiger partial charge < -0.3 is 0 Å². The van der Waals surface area contributed by atoms with Gasteiger partial charge in [-0.3, -0.25) is 19.1 Å². The van der Waals surface area contributed by atoms with Crippen LogP contribution in [0.2, 0.25) is 0 Å². The average Bonchev–Trinajstić information content (AvgIpc) is 2.37. The van der Waals surface area contributed by atoms with Gasteiger partial charge >= 0.3 is 5.69 Å². The molecule has 0 aliphatic heterocycles. The summed E-state index contributed by atoms with van der Waals surface area (Å²) in [7, 11) is 0. The van der Waals surface area contributed by atoms with Crippen molar-refractivity contribution in [2.45, 2.75) is 13.5 Å². The van der Waals surface area contributed by atoms with Crippen LogP contribution in [0, 0.1) is 6.92 Å². The van der Waals surface area contributed by atoms with Crippen molar-refractivity contribution < 1.29 is 4.79 Å². The minimum Gasteiger partial charge on any atom is -0.293 e. The third-order valence-electron chi connectivity index (χ3n) is 2.60. The second kappa shape index (κ2) is 4.83. The molecule has 0 spiro atoms. The molecule has 1 heterocycles. The standard InChI is InChI=1S/C13H12N2O3/c1-9-7-15(13(18)14-12(9)17)8-11(16)10-5-3-2-4-6-10/h2-7H,8H2,1H3,(H,14,17,18). The van der Waals surface area contributed by atoms with Gasteiger partial charge in [0.15, 0.2) is 5.78 Å². The Morgan fingerprint density at radius 3 is 2.56 bits per heavy atom. The summed E-state index contributed by atoms with van der Waals surface area (Å²) in [6.45, 7) is 1.50. The molecule has 2 aromatic rings. The molecule has 5 nitrogen and oxygen atoms in total. The molecular formula is C13H12N2O3. The number of H-pyrrole nitrogens is 1. The number of nitrogens with one attached hydrogen (secondary N) is 1. The van der Waals surface area contributed by atoms with Crippen LogP contribution in [-0.4, -0.2) is 15.3 Å². The molecule has 1 aromatic carbocycles. The summed E-state index contributed by atoms with van der Waals surface area (Å²) in [5.74, 6) is -0.177. The van der Waals surface area contributed by atoms with Gasteiger partial charge in [-0.05, 0) is 6.92 Å². The number of Topliss-reactive ketones (excluding diaryl/α,β-unsaturated/α-hetero) is 1. The Hall–Kier alpha value is -2.43. The van der Waals surface area contributed by atoms with Crippen LogP contribution in [0.3, 0.4) is 0 Å². The fourth-order valence-electron chi connectivity index (χ4n) is 1.61. The quantitative estimate of drug-likeness (QED) is 0.809. The van der Waals surface area contributed by atoms with E-state index in [4.69, 9.17) is 0 Å². The maximum absolute atomic E-state index is 11.9. The van der Waals surface area contributed by atoms with Gasteiger partial charge in [0, 0.05) is 17.3 Å². The van der Waals surface area contributed by atoms with Crippen molar-refractivity contribution in [3.05, 3.63) is 68.5 Å². The topological polar surface area (TPSA) is 71.9 Å². The van der Waals surface area contributed by atoms with Crippen molar-refractivity contribution in [1.29, 1.82) is 0 Å². The molecule has 0 amide bonds.